The molecule has 1 saturated carbocycles. The molecule has 0 saturated heterocycles. The van der Waals surface area contributed by atoms with Crippen LogP contribution in [0.25, 0.3) is 0 Å². The van der Waals surface area contributed by atoms with E-state index >= 15 is 0 Å². The van der Waals surface area contributed by atoms with Crippen LogP contribution < -0.4 is 5.73 Å². The largest absolute Gasteiger partial charge is 0.388 e. The van der Waals surface area contributed by atoms with Gasteiger partial charge < -0.3 is 10.5 Å². The van der Waals surface area contributed by atoms with Crippen molar-refractivity contribution < 1.29 is 4.74 Å². The summed E-state index contributed by atoms with van der Waals surface area (Å²) in [4.78, 5) is 4.55. The molecule has 2 atom stereocenters. The lowest BCUT2D eigenvalue weighted by atomic mass is 9.88. The number of pyridine rings is 1. The van der Waals surface area contributed by atoms with Gasteiger partial charge in [-0.15, -0.1) is 0 Å². The van der Waals surface area contributed by atoms with Gasteiger partial charge in [0.15, 0.2) is 0 Å². The van der Waals surface area contributed by atoms with E-state index in [0.29, 0.717) is 29.3 Å². The van der Waals surface area contributed by atoms with E-state index in [0.717, 1.165) is 12.0 Å². The molecule has 98 valence electrons. The summed E-state index contributed by atoms with van der Waals surface area (Å²) in [6.45, 7) is 2.82. The maximum atomic E-state index is 6.02. The van der Waals surface area contributed by atoms with E-state index in [4.69, 9.17) is 22.7 Å². The van der Waals surface area contributed by atoms with Gasteiger partial charge in [-0.2, -0.15) is 0 Å². The summed E-state index contributed by atoms with van der Waals surface area (Å²) >= 11 is 5.00. The molecular formula is C14H20N2OS. The van der Waals surface area contributed by atoms with Crippen LogP contribution in [0.1, 0.15) is 43.9 Å². The van der Waals surface area contributed by atoms with Crippen molar-refractivity contribution in [2.45, 2.75) is 45.3 Å². The normalized spacial score (nSPS) is 23.8. The Balaban J connectivity index is 1.99. The van der Waals surface area contributed by atoms with Crippen LogP contribution in [0, 0.1) is 5.92 Å². The molecule has 2 unspecified atom stereocenters. The van der Waals surface area contributed by atoms with Crippen LogP contribution in [-0.2, 0) is 11.3 Å². The van der Waals surface area contributed by atoms with Crippen molar-refractivity contribution in [3.8, 4) is 0 Å². The van der Waals surface area contributed by atoms with E-state index in [1.165, 1.54) is 19.3 Å². The second kappa shape index (κ2) is 6.25. The van der Waals surface area contributed by atoms with Gasteiger partial charge in [-0.25, -0.2) is 0 Å². The van der Waals surface area contributed by atoms with Gasteiger partial charge in [0.1, 0.15) is 10.7 Å². The highest BCUT2D eigenvalue weighted by Crippen LogP contribution is 2.27. The molecule has 0 bridgehead atoms. The first kappa shape index (κ1) is 13.4. The summed E-state index contributed by atoms with van der Waals surface area (Å²) in [6, 6.07) is 3.87. The number of ether oxygens (including phenoxy) is 1. The minimum absolute atomic E-state index is 0.339. The van der Waals surface area contributed by atoms with Crippen LogP contribution in [0.3, 0.4) is 0 Å². The van der Waals surface area contributed by atoms with E-state index in [1.807, 2.05) is 12.1 Å². The molecule has 0 radical (unpaired) electrons. The highest BCUT2D eigenvalue weighted by Gasteiger charge is 2.22. The average molecular weight is 264 g/mol. The Labute approximate surface area is 114 Å². The Morgan fingerprint density at radius 3 is 3.00 bits per heavy atom. The summed E-state index contributed by atoms with van der Waals surface area (Å²) in [5.74, 6) is 0.642. The molecule has 1 aliphatic carbocycles. The molecule has 3 nitrogen and oxygen atoms in total. The molecule has 2 rings (SSSR count). The lowest BCUT2D eigenvalue weighted by Crippen LogP contribution is -2.26. The van der Waals surface area contributed by atoms with Crippen LogP contribution >= 0.6 is 12.2 Å². The van der Waals surface area contributed by atoms with Crippen molar-refractivity contribution in [1.82, 2.24) is 4.98 Å². The van der Waals surface area contributed by atoms with E-state index in [-0.39, 0.29) is 0 Å². The zero-order valence-corrected chi connectivity index (χ0v) is 11.6. The summed E-state index contributed by atoms with van der Waals surface area (Å²) in [7, 11) is 0. The van der Waals surface area contributed by atoms with Crippen molar-refractivity contribution in [2.24, 2.45) is 11.7 Å². The second-order valence-corrected chi connectivity index (χ2v) is 5.43. The minimum Gasteiger partial charge on any atom is -0.388 e. The Morgan fingerprint density at radius 2 is 2.28 bits per heavy atom. The smallest absolute Gasteiger partial charge is 0.123 e. The number of aromatic nitrogens is 1. The maximum absolute atomic E-state index is 6.02. The molecule has 1 fully saturated rings. The van der Waals surface area contributed by atoms with Gasteiger partial charge in [0.05, 0.1) is 12.7 Å². The lowest BCUT2D eigenvalue weighted by Gasteiger charge is -2.28. The highest BCUT2D eigenvalue weighted by molar-refractivity contribution is 7.80. The van der Waals surface area contributed by atoms with Crippen LogP contribution in [0.2, 0.25) is 0 Å². The first-order chi connectivity index (χ1) is 8.68. The number of hydrogen-bond donors (Lipinski definition) is 1. The quantitative estimate of drug-likeness (QED) is 0.850. The fourth-order valence-corrected chi connectivity index (χ4v) is 2.69. The summed E-state index contributed by atoms with van der Waals surface area (Å²) in [5.41, 5.74) is 7.34. The SMILES string of the molecule is CC1CCCCC1OCc1cccnc1C(N)=S. The molecular weight excluding hydrogens is 244 g/mol. The summed E-state index contributed by atoms with van der Waals surface area (Å²) in [5, 5.41) is 0. The molecule has 1 aromatic heterocycles. The van der Waals surface area contributed by atoms with Gasteiger partial charge >= 0.3 is 0 Å². The third-order valence-electron chi connectivity index (χ3n) is 3.61. The van der Waals surface area contributed by atoms with E-state index in [2.05, 4.69) is 11.9 Å². The van der Waals surface area contributed by atoms with E-state index in [9.17, 15) is 0 Å². The van der Waals surface area contributed by atoms with Gasteiger partial charge in [0, 0.05) is 11.8 Å². The second-order valence-electron chi connectivity index (χ2n) is 4.99. The zero-order valence-electron chi connectivity index (χ0n) is 10.8. The Morgan fingerprint density at radius 1 is 1.50 bits per heavy atom. The molecule has 2 N–H and O–H groups in total. The zero-order chi connectivity index (χ0) is 13.0. The van der Waals surface area contributed by atoms with Crippen LogP contribution in [0.15, 0.2) is 18.3 Å². The Hall–Kier alpha value is -1.00. The van der Waals surface area contributed by atoms with Crippen molar-refractivity contribution in [1.29, 1.82) is 0 Å². The molecule has 1 heterocycles. The number of hydrogen-bond acceptors (Lipinski definition) is 3. The topological polar surface area (TPSA) is 48.1 Å². The number of rotatable bonds is 4. The minimum atomic E-state index is 0.339. The van der Waals surface area contributed by atoms with Gasteiger partial charge in [-0.3, -0.25) is 4.98 Å². The molecule has 18 heavy (non-hydrogen) atoms. The molecule has 1 aliphatic rings. The monoisotopic (exact) mass is 264 g/mol. The fourth-order valence-electron chi connectivity index (χ4n) is 2.50. The summed E-state index contributed by atoms with van der Waals surface area (Å²) in [6.07, 6.45) is 7.08. The molecule has 0 spiro atoms. The van der Waals surface area contributed by atoms with Crippen molar-refractivity contribution in [3.05, 3.63) is 29.6 Å². The molecule has 1 aromatic rings. The van der Waals surface area contributed by atoms with Crippen molar-refractivity contribution in [2.75, 3.05) is 0 Å². The molecule has 4 heteroatoms. The number of nitrogens with zero attached hydrogens (tertiary/aromatic N) is 1. The third kappa shape index (κ3) is 3.27. The standard InChI is InChI=1S/C14H20N2OS/c1-10-5-2-3-7-12(10)17-9-11-6-4-8-16-13(11)14(15)18/h4,6,8,10,12H,2-3,5,7,9H2,1H3,(H2,15,18). The van der Waals surface area contributed by atoms with Crippen molar-refractivity contribution in [3.63, 3.8) is 0 Å². The predicted molar refractivity (Wildman–Crippen MR) is 76.3 cm³/mol. The summed E-state index contributed by atoms with van der Waals surface area (Å²) < 4.78 is 6.02. The van der Waals surface area contributed by atoms with Gasteiger partial charge in [0.25, 0.3) is 0 Å². The first-order valence-electron chi connectivity index (χ1n) is 6.54. The number of nitrogens with two attached hydrogens (primary N) is 1. The van der Waals surface area contributed by atoms with Gasteiger partial charge in [0.2, 0.25) is 0 Å². The third-order valence-corrected chi connectivity index (χ3v) is 3.80. The van der Waals surface area contributed by atoms with E-state index in [1.54, 1.807) is 6.20 Å². The van der Waals surface area contributed by atoms with Gasteiger partial charge in [-0.1, -0.05) is 38.0 Å². The molecule has 0 amide bonds. The Kier molecular flexibility index (Phi) is 4.66. The fraction of sp³-hybridized carbons (Fsp3) is 0.571. The van der Waals surface area contributed by atoms with Crippen LogP contribution in [0.4, 0.5) is 0 Å². The average Bonchev–Trinajstić information content (AvgIpc) is 2.38. The Bertz CT molecular complexity index is 422. The van der Waals surface area contributed by atoms with Gasteiger partial charge in [-0.05, 0) is 24.8 Å². The lowest BCUT2D eigenvalue weighted by molar-refractivity contribution is -0.0156. The highest BCUT2D eigenvalue weighted by atomic mass is 32.1. The predicted octanol–water partition coefficient (Wildman–Crippen LogP) is 2.81. The molecule has 0 aliphatic heterocycles. The number of thiocarbonyl (C=S) groups is 1. The van der Waals surface area contributed by atoms with E-state index < -0.39 is 0 Å². The maximum Gasteiger partial charge on any atom is 0.123 e. The van der Waals surface area contributed by atoms with Crippen molar-refractivity contribution >= 4 is 17.2 Å². The van der Waals surface area contributed by atoms with Crippen LogP contribution in [-0.4, -0.2) is 16.1 Å². The first-order valence-corrected chi connectivity index (χ1v) is 6.94. The van der Waals surface area contributed by atoms with Crippen LogP contribution in [0.5, 0.6) is 0 Å². The molecule has 0 aromatic carbocycles.